The molecule has 2 heterocycles. The van der Waals surface area contributed by atoms with Gasteiger partial charge < -0.3 is 4.52 Å². The van der Waals surface area contributed by atoms with E-state index < -0.39 is 0 Å². The van der Waals surface area contributed by atoms with Crippen LogP contribution in [0.5, 0.6) is 0 Å². The van der Waals surface area contributed by atoms with E-state index in [0.717, 1.165) is 21.9 Å². The van der Waals surface area contributed by atoms with Crippen LogP contribution in [0.15, 0.2) is 35.1 Å². The van der Waals surface area contributed by atoms with Crippen LogP contribution >= 0.6 is 0 Å². The van der Waals surface area contributed by atoms with Crippen molar-refractivity contribution in [2.24, 2.45) is 0 Å². The van der Waals surface area contributed by atoms with E-state index in [2.05, 4.69) is 15.4 Å². The van der Waals surface area contributed by atoms with E-state index in [1.807, 2.05) is 18.2 Å². The first-order chi connectivity index (χ1) is 6.45. The summed E-state index contributed by atoms with van der Waals surface area (Å²) >= 11 is 0. The number of benzene rings is 1. The Labute approximate surface area is 73.2 Å². The number of fused-ring (bicyclic) bond motifs is 3. The average molecular weight is 171 g/mol. The van der Waals surface area contributed by atoms with Crippen LogP contribution < -0.4 is 0 Å². The SMILES string of the molecule is c1cc2c(ccc3nncc32)on1. The predicted molar refractivity (Wildman–Crippen MR) is 47.1 cm³/mol. The lowest BCUT2D eigenvalue weighted by Crippen LogP contribution is -1.75. The van der Waals surface area contributed by atoms with Gasteiger partial charge in [0.05, 0.1) is 17.9 Å². The van der Waals surface area contributed by atoms with Crippen LogP contribution in [0.3, 0.4) is 0 Å². The van der Waals surface area contributed by atoms with Gasteiger partial charge in [-0.2, -0.15) is 10.2 Å². The molecule has 62 valence electrons. The molecule has 0 aliphatic rings. The van der Waals surface area contributed by atoms with Crippen LogP contribution in [-0.2, 0) is 0 Å². The van der Waals surface area contributed by atoms with E-state index in [-0.39, 0.29) is 0 Å². The summed E-state index contributed by atoms with van der Waals surface area (Å²) in [5.74, 6) is 0. The van der Waals surface area contributed by atoms with Crippen LogP contribution in [0.4, 0.5) is 0 Å². The van der Waals surface area contributed by atoms with Gasteiger partial charge in [-0.15, -0.1) is 0 Å². The molecule has 0 fully saturated rings. The largest absolute Gasteiger partial charge is 0.356 e. The molecule has 4 heteroatoms. The van der Waals surface area contributed by atoms with Gasteiger partial charge in [-0.25, -0.2) is 0 Å². The number of rotatable bonds is 0. The fourth-order valence-electron chi connectivity index (χ4n) is 1.42. The lowest BCUT2D eigenvalue weighted by molar-refractivity contribution is 0.442. The molecule has 3 aromatic rings. The summed E-state index contributed by atoms with van der Waals surface area (Å²) in [4.78, 5) is 0. The first-order valence-corrected chi connectivity index (χ1v) is 3.90. The molecule has 0 aliphatic heterocycles. The zero-order valence-corrected chi connectivity index (χ0v) is 6.64. The maximum absolute atomic E-state index is 5.08. The third-order valence-electron chi connectivity index (χ3n) is 2.03. The molecule has 0 spiro atoms. The van der Waals surface area contributed by atoms with Crippen molar-refractivity contribution in [1.82, 2.24) is 15.4 Å². The molecule has 1 aromatic carbocycles. The highest BCUT2D eigenvalue weighted by Gasteiger charge is 2.03. The molecule has 2 aromatic heterocycles. The van der Waals surface area contributed by atoms with Gasteiger partial charge in [0.2, 0.25) is 0 Å². The van der Waals surface area contributed by atoms with Gasteiger partial charge in [0.15, 0.2) is 5.58 Å². The van der Waals surface area contributed by atoms with Gasteiger partial charge in [-0.3, -0.25) is 0 Å². The van der Waals surface area contributed by atoms with Crippen LogP contribution in [0, 0.1) is 0 Å². The lowest BCUT2D eigenvalue weighted by atomic mass is 10.2. The summed E-state index contributed by atoms with van der Waals surface area (Å²) in [6.07, 6.45) is 3.35. The van der Waals surface area contributed by atoms with E-state index in [0.29, 0.717) is 0 Å². The molecule has 0 N–H and O–H groups in total. The van der Waals surface area contributed by atoms with Gasteiger partial charge in [0.1, 0.15) is 0 Å². The number of aromatic nitrogens is 3. The molecule has 13 heavy (non-hydrogen) atoms. The summed E-state index contributed by atoms with van der Waals surface area (Å²) < 4.78 is 5.08. The van der Waals surface area contributed by atoms with Crippen molar-refractivity contribution in [3.8, 4) is 0 Å². The Balaban J connectivity index is 2.65. The summed E-state index contributed by atoms with van der Waals surface area (Å²) in [5.41, 5.74) is 1.64. The summed E-state index contributed by atoms with van der Waals surface area (Å²) in [7, 11) is 0. The molecule has 0 saturated carbocycles. The molecule has 0 bridgehead atoms. The summed E-state index contributed by atoms with van der Waals surface area (Å²) in [5, 5.41) is 13.5. The Kier molecular flexibility index (Phi) is 1.14. The predicted octanol–water partition coefficient (Wildman–Crippen LogP) is 1.77. The van der Waals surface area contributed by atoms with Crippen LogP contribution in [0.1, 0.15) is 0 Å². The van der Waals surface area contributed by atoms with Crippen molar-refractivity contribution in [2.75, 3.05) is 0 Å². The van der Waals surface area contributed by atoms with E-state index in [9.17, 15) is 0 Å². The number of hydrogen-bond acceptors (Lipinski definition) is 4. The van der Waals surface area contributed by atoms with E-state index >= 15 is 0 Å². The zero-order chi connectivity index (χ0) is 8.67. The van der Waals surface area contributed by atoms with Crippen LogP contribution in [0.2, 0.25) is 0 Å². The average Bonchev–Trinajstić information content (AvgIpc) is 2.65. The monoisotopic (exact) mass is 171 g/mol. The fraction of sp³-hybridized carbons (Fsp3) is 0. The molecular weight excluding hydrogens is 166 g/mol. The molecule has 0 amide bonds. The molecule has 3 rings (SSSR count). The van der Waals surface area contributed by atoms with E-state index in [1.54, 1.807) is 12.4 Å². The van der Waals surface area contributed by atoms with Crippen molar-refractivity contribution in [1.29, 1.82) is 0 Å². The highest BCUT2D eigenvalue weighted by molar-refractivity contribution is 6.03. The highest BCUT2D eigenvalue weighted by Crippen LogP contribution is 2.21. The molecular formula is C9H5N3O. The first kappa shape index (κ1) is 6.54. The number of nitrogens with zero attached hydrogens (tertiary/aromatic N) is 3. The Morgan fingerprint density at radius 3 is 3.08 bits per heavy atom. The Morgan fingerprint density at radius 1 is 1.08 bits per heavy atom. The second-order valence-corrected chi connectivity index (χ2v) is 2.77. The molecule has 0 atom stereocenters. The third kappa shape index (κ3) is 0.823. The smallest absolute Gasteiger partial charge is 0.166 e. The molecule has 4 nitrogen and oxygen atoms in total. The van der Waals surface area contributed by atoms with Gasteiger partial charge in [0.25, 0.3) is 0 Å². The first-order valence-electron chi connectivity index (χ1n) is 3.90. The third-order valence-corrected chi connectivity index (χ3v) is 2.03. The van der Waals surface area contributed by atoms with Gasteiger partial charge in [0, 0.05) is 10.8 Å². The van der Waals surface area contributed by atoms with Crippen molar-refractivity contribution < 1.29 is 4.52 Å². The van der Waals surface area contributed by atoms with Crippen LogP contribution in [0.25, 0.3) is 21.9 Å². The van der Waals surface area contributed by atoms with Gasteiger partial charge in [-0.05, 0) is 18.2 Å². The van der Waals surface area contributed by atoms with Crippen LogP contribution in [-0.4, -0.2) is 15.4 Å². The second kappa shape index (κ2) is 2.26. The van der Waals surface area contributed by atoms with Crippen molar-refractivity contribution in [3.05, 3.63) is 30.6 Å². The summed E-state index contributed by atoms with van der Waals surface area (Å²) in [6.45, 7) is 0. The molecule has 0 radical (unpaired) electrons. The Morgan fingerprint density at radius 2 is 2.08 bits per heavy atom. The minimum atomic E-state index is 0.754. The second-order valence-electron chi connectivity index (χ2n) is 2.77. The van der Waals surface area contributed by atoms with Gasteiger partial charge >= 0.3 is 0 Å². The zero-order valence-electron chi connectivity index (χ0n) is 6.64. The lowest BCUT2D eigenvalue weighted by Gasteiger charge is -1.94. The minimum Gasteiger partial charge on any atom is -0.356 e. The van der Waals surface area contributed by atoms with Crippen molar-refractivity contribution >= 4 is 21.9 Å². The topological polar surface area (TPSA) is 51.8 Å². The summed E-state index contributed by atoms with van der Waals surface area (Å²) in [6, 6.07) is 5.61. The molecule has 0 aliphatic carbocycles. The fourth-order valence-corrected chi connectivity index (χ4v) is 1.42. The normalized spacial score (nSPS) is 11.1. The number of hydrogen-bond donors (Lipinski definition) is 0. The molecule has 0 unspecified atom stereocenters. The molecule has 0 saturated heterocycles. The Hall–Kier alpha value is -1.97. The van der Waals surface area contributed by atoms with Gasteiger partial charge in [-0.1, -0.05) is 5.16 Å². The maximum atomic E-state index is 5.08. The quantitative estimate of drug-likeness (QED) is 0.517. The van der Waals surface area contributed by atoms with Crippen molar-refractivity contribution in [2.45, 2.75) is 0 Å². The van der Waals surface area contributed by atoms with Crippen molar-refractivity contribution in [3.63, 3.8) is 0 Å². The van der Waals surface area contributed by atoms with E-state index in [1.165, 1.54) is 0 Å². The Bertz CT molecular complexity index is 573. The maximum Gasteiger partial charge on any atom is 0.166 e. The highest BCUT2D eigenvalue weighted by atomic mass is 16.5. The minimum absolute atomic E-state index is 0.754. The van der Waals surface area contributed by atoms with E-state index in [4.69, 9.17) is 4.52 Å². The standard InChI is InChI=1S/C9H5N3O/c1-2-9-6(3-4-11-13-9)7-5-10-12-8(1)7/h1-5H.